The average Bonchev–Trinajstić information content (AvgIpc) is 2.43. The van der Waals surface area contributed by atoms with Gasteiger partial charge in [-0.3, -0.25) is 0 Å². The van der Waals surface area contributed by atoms with E-state index in [-0.39, 0.29) is 18.1 Å². The predicted octanol–water partition coefficient (Wildman–Crippen LogP) is 2.67. The van der Waals surface area contributed by atoms with Crippen molar-refractivity contribution in [1.82, 2.24) is 10.2 Å². The summed E-state index contributed by atoms with van der Waals surface area (Å²) in [5.74, 6) is 0. The van der Waals surface area contributed by atoms with E-state index in [1.165, 1.54) is 0 Å². The highest BCUT2D eigenvalue weighted by Crippen LogP contribution is 2.20. The van der Waals surface area contributed by atoms with Gasteiger partial charge in [-0.1, -0.05) is 26.0 Å². The third-order valence-electron chi connectivity index (χ3n) is 3.43. The molecule has 2 amide bonds. The summed E-state index contributed by atoms with van der Waals surface area (Å²) in [4.78, 5) is 13.9. The number of amides is 2. The van der Waals surface area contributed by atoms with Gasteiger partial charge in [0.05, 0.1) is 0 Å². The Hall–Kier alpha value is -1.59. The minimum Gasteiger partial charge on any atom is -0.396 e. The molecule has 1 rings (SSSR count). The van der Waals surface area contributed by atoms with Crippen LogP contribution in [0, 0.1) is 5.41 Å². The maximum Gasteiger partial charge on any atom is 0.319 e. The molecule has 0 atom stereocenters. The van der Waals surface area contributed by atoms with Gasteiger partial charge in [0.25, 0.3) is 0 Å². The van der Waals surface area contributed by atoms with Crippen LogP contribution in [-0.4, -0.2) is 43.3 Å². The average molecular weight is 307 g/mol. The number of nitrogens with zero attached hydrogens (tertiary/aromatic N) is 1. The number of aliphatic hydroxyl groups excluding tert-OH is 1. The molecule has 3 N–H and O–H groups in total. The van der Waals surface area contributed by atoms with Crippen molar-refractivity contribution >= 4 is 11.7 Å². The fourth-order valence-electron chi connectivity index (χ4n) is 2.14. The van der Waals surface area contributed by atoms with Crippen LogP contribution >= 0.6 is 0 Å². The summed E-state index contributed by atoms with van der Waals surface area (Å²) >= 11 is 0. The summed E-state index contributed by atoms with van der Waals surface area (Å²) in [6, 6.07) is 7.66. The number of anilines is 1. The first kappa shape index (κ1) is 18.5. The Morgan fingerprint density at radius 2 is 2.05 bits per heavy atom. The lowest BCUT2D eigenvalue weighted by Gasteiger charge is -2.21. The second kappa shape index (κ2) is 8.76. The lowest BCUT2D eigenvalue weighted by atomic mass is 9.89. The zero-order chi connectivity index (χ0) is 16.6. The molecule has 0 fully saturated rings. The van der Waals surface area contributed by atoms with E-state index in [0.717, 1.165) is 30.6 Å². The SMILES string of the molecule is CN(C)Cc1cccc(NC(=O)NCCCC(C)(C)CO)c1. The Bertz CT molecular complexity index is 473. The van der Waals surface area contributed by atoms with Gasteiger partial charge < -0.3 is 20.6 Å². The molecular formula is C17H29N3O2. The van der Waals surface area contributed by atoms with Gasteiger partial charge in [0.2, 0.25) is 0 Å². The van der Waals surface area contributed by atoms with E-state index in [1.54, 1.807) is 0 Å². The second-order valence-electron chi connectivity index (χ2n) is 6.74. The molecule has 1 aromatic carbocycles. The molecule has 0 aromatic heterocycles. The predicted molar refractivity (Wildman–Crippen MR) is 91.0 cm³/mol. The van der Waals surface area contributed by atoms with E-state index in [2.05, 4.69) is 15.5 Å². The number of hydrogen-bond donors (Lipinski definition) is 3. The maximum atomic E-state index is 11.9. The van der Waals surface area contributed by atoms with Gasteiger partial charge in [0.1, 0.15) is 0 Å². The van der Waals surface area contributed by atoms with Crippen LogP contribution in [0.4, 0.5) is 10.5 Å². The summed E-state index contributed by atoms with van der Waals surface area (Å²) < 4.78 is 0. The van der Waals surface area contributed by atoms with Gasteiger partial charge in [0, 0.05) is 25.4 Å². The van der Waals surface area contributed by atoms with E-state index in [4.69, 9.17) is 0 Å². The minimum atomic E-state index is -0.191. The molecule has 0 saturated carbocycles. The van der Waals surface area contributed by atoms with Crippen LogP contribution in [0.3, 0.4) is 0 Å². The molecule has 0 aliphatic heterocycles. The quantitative estimate of drug-likeness (QED) is 0.647. The molecule has 5 nitrogen and oxygen atoms in total. The first-order valence-corrected chi connectivity index (χ1v) is 7.72. The van der Waals surface area contributed by atoms with E-state index in [0.29, 0.717) is 6.54 Å². The van der Waals surface area contributed by atoms with Crippen LogP contribution < -0.4 is 10.6 Å². The molecule has 0 unspecified atom stereocenters. The summed E-state index contributed by atoms with van der Waals surface area (Å²) in [5.41, 5.74) is 1.87. The number of rotatable bonds is 8. The maximum absolute atomic E-state index is 11.9. The van der Waals surface area contributed by atoms with Gasteiger partial charge in [-0.25, -0.2) is 4.79 Å². The first-order valence-electron chi connectivity index (χ1n) is 7.72. The van der Waals surface area contributed by atoms with Crippen molar-refractivity contribution < 1.29 is 9.90 Å². The fraction of sp³-hybridized carbons (Fsp3) is 0.588. The number of benzene rings is 1. The lowest BCUT2D eigenvalue weighted by molar-refractivity contribution is 0.148. The van der Waals surface area contributed by atoms with Gasteiger partial charge >= 0.3 is 6.03 Å². The van der Waals surface area contributed by atoms with Gasteiger partial charge in [-0.15, -0.1) is 0 Å². The Morgan fingerprint density at radius 3 is 2.68 bits per heavy atom. The highest BCUT2D eigenvalue weighted by Gasteiger charge is 2.15. The minimum absolute atomic E-state index is 0.0847. The number of carbonyl (C=O) groups is 1. The standard InChI is InChI=1S/C17H29N3O2/c1-17(2,13-21)9-6-10-18-16(22)19-15-8-5-7-14(11-15)12-20(3)4/h5,7-8,11,21H,6,9-10,12-13H2,1-4H3,(H2,18,19,22). The van der Waals surface area contributed by atoms with Crippen LogP contribution in [0.25, 0.3) is 0 Å². The van der Waals surface area contributed by atoms with Crippen molar-refractivity contribution in [3.8, 4) is 0 Å². The Labute approximate surface area is 133 Å². The van der Waals surface area contributed by atoms with E-state index in [1.807, 2.05) is 52.2 Å². The topological polar surface area (TPSA) is 64.6 Å². The van der Waals surface area contributed by atoms with Crippen molar-refractivity contribution in [3.05, 3.63) is 29.8 Å². The van der Waals surface area contributed by atoms with E-state index < -0.39 is 0 Å². The third kappa shape index (κ3) is 7.43. The molecular weight excluding hydrogens is 278 g/mol. The molecule has 0 heterocycles. The summed E-state index contributed by atoms with van der Waals surface area (Å²) in [7, 11) is 4.03. The zero-order valence-electron chi connectivity index (χ0n) is 14.1. The zero-order valence-corrected chi connectivity index (χ0v) is 14.1. The Morgan fingerprint density at radius 1 is 1.32 bits per heavy atom. The van der Waals surface area contributed by atoms with E-state index >= 15 is 0 Å². The molecule has 0 bridgehead atoms. The molecule has 22 heavy (non-hydrogen) atoms. The number of carbonyl (C=O) groups excluding carboxylic acids is 1. The van der Waals surface area contributed by atoms with Crippen LogP contribution in [0.2, 0.25) is 0 Å². The summed E-state index contributed by atoms with van der Waals surface area (Å²) in [6.07, 6.45) is 1.73. The van der Waals surface area contributed by atoms with E-state index in [9.17, 15) is 9.90 Å². The largest absolute Gasteiger partial charge is 0.396 e. The Kier molecular flexibility index (Phi) is 7.35. The molecule has 5 heteroatoms. The molecule has 0 radical (unpaired) electrons. The van der Waals surface area contributed by atoms with Crippen molar-refractivity contribution in [2.75, 3.05) is 32.6 Å². The van der Waals surface area contributed by atoms with Crippen LogP contribution in [-0.2, 0) is 6.54 Å². The highest BCUT2D eigenvalue weighted by molar-refractivity contribution is 5.89. The Balaban J connectivity index is 2.36. The highest BCUT2D eigenvalue weighted by atomic mass is 16.3. The van der Waals surface area contributed by atoms with Gasteiger partial charge in [-0.05, 0) is 50.0 Å². The second-order valence-corrected chi connectivity index (χ2v) is 6.74. The lowest BCUT2D eigenvalue weighted by Crippen LogP contribution is -2.30. The smallest absolute Gasteiger partial charge is 0.319 e. The molecule has 0 spiro atoms. The number of nitrogens with one attached hydrogen (secondary N) is 2. The molecule has 0 aliphatic carbocycles. The van der Waals surface area contributed by atoms with Crippen LogP contribution in [0.1, 0.15) is 32.3 Å². The van der Waals surface area contributed by atoms with Gasteiger partial charge in [-0.2, -0.15) is 0 Å². The van der Waals surface area contributed by atoms with Crippen molar-refractivity contribution in [2.24, 2.45) is 5.41 Å². The van der Waals surface area contributed by atoms with Crippen LogP contribution in [0.5, 0.6) is 0 Å². The number of hydrogen-bond acceptors (Lipinski definition) is 3. The van der Waals surface area contributed by atoms with Gasteiger partial charge in [0.15, 0.2) is 0 Å². The van der Waals surface area contributed by atoms with Crippen molar-refractivity contribution in [3.63, 3.8) is 0 Å². The molecule has 124 valence electrons. The fourth-order valence-corrected chi connectivity index (χ4v) is 2.14. The van der Waals surface area contributed by atoms with Crippen molar-refractivity contribution in [1.29, 1.82) is 0 Å². The monoisotopic (exact) mass is 307 g/mol. The van der Waals surface area contributed by atoms with Crippen LogP contribution in [0.15, 0.2) is 24.3 Å². The molecule has 0 saturated heterocycles. The van der Waals surface area contributed by atoms with Crippen molar-refractivity contribution in [2.45, 2.75) is 33.2 Å². The summed E-state index contributed by atoms with van der Waals surface area (Å²) in [5, 5.41) is 14.9. The summed E-state index contributed by atoms with van der Waals surface area (Å²) in [6.45, 7) is 5.64. The third-order valence-corrected chi connectivity index (χ3v) is 3.43. The first-order chi connectivity index (χ1) is 10.3. The molecule has 0 aliphatic rings. The number of aliphatic hydroxyl groups is 1. The number of urea groups is 1. The molecule has 1 aromatic rings. The normalized spacial score (nSPS) is 11.5.